The lowest BCUT2D eigenvalue weighted by atomic mass is 9.64. The Morgan fingerprint density at radius 1 is 1.12 bits per heavy atom. The third kappa shape index (κ3) is 2.83. The molecule has 0 amide bonds. The first-order valence-electron chi connectivity index (χ1n) is 8.86. The second-order valence-corrected chi connectivity index (χ2v) is 7.41. The summed E-state index contributed by atoms with van der Waals surface area (Å²) in [7, 11) is 1.71. The van der Waals surface area contributed by atoms with E-state index in [1.54, 1.807) is 7.11 Å². The van der Waals surface area contributed by atoms with Crippen LogP contribution in [0.2, 0.25) is 0 Å². The van der Waals surface area contributed by atoms with E-state index in [0.29, 0.717) is 11.7 Å². The number of nitrogens with zero attached hydrogens (tertiary/aromatic N) is 2. The van der Waals surface area contributed by atoms with Crippen molar-refractivity contribution in [1.82, 2.24) is 10.1 Å². The number of methoxy groups -OCH3 is 1. The SMILES string of the molecule is COc1cc(C2(c3nc(C4(N)CCCC4)no3)CCC2)ccc1C.Cl. The summed E-state index contributed by atoms with van der Waals surface area (Å²) in [6, 6.07) is 6.38. The zero-order valence-corrected chi connectivity index (χ0v) is 15.7. The number of ether oxygens (including phenoxy) is 1. The molecule has 136 valence electrons. The first-order chi connectivity index (χ1) is 11.6. The highest BCUT2D eigenvalue weighted by atomic mass is 35.5. The molecule has 25 heavy (non-hydrogen) atoms. The van der Waals surface area contributed by atoms with Gasteiger partial charge in [0.05, 0.1) is 18.1 Å². The lowest BCUT2D eigenvalue weighted by molar-refractivity contribution is 0.215. The molecule has 1 aromatic carbocycles. The molecule has 2 aliphatic rings. The Bertz CT molecular complexity index is 749. The highest BCUT2D eigenvalue weighted by molar-refractivity contribution is 5.85. The molecule has 0 saturated heterocycles. The molecule has 1 heterocycles. The van der Waals surface area contributed by atoms with Crippen LogP contribution in [0.3, 0.4) is 0 Å². The second-order valence-electron chi connectivity index (χ2n) is 7.41. The molecule has 2 fully saturated rings. The molecule has 2 saturated carbocycles. The van der Waals surface area contributed by atoms with Crippen LogP contribution in [-0.4, -0.2) is 17.3 Å². The van der Waals surface area contributed by atoms with Crippen molar-refractivity contribution in [1.29, 1.82) is 0 Å². The van der Waals surface area contributed by atoms with E-state index in [4.69, 9.17) is 20.0 Å². The predicted molar refractivity (Wildman–Crippen MR) is 98.2 cm³/mol. The van der Waals surface area contributed by atoms with Crippen LogP contribution in [0.5, 0.6) is 5.75 Å². The summed E-state index contributed by atoms with van der Waals surface area (Å²) in [6.07, 6.45) is 7.38. The molecule has 2 aromatic rings. The topological polar surface area (TPSA) is 74.2 Å². The number of rotatable bonds is 4. The minimum atomic E-state index is -0.405. The summed E-state index contributed by atoms with van der Waals surface area (Å²) in [5.41, 5.74) is 8.24. The molecule has 0 spiro atoms. The second kappa shape index (κ2) is 6.61. The Hall–Kier alpha value is -1.59. The third-order valence-electron chi connectivity index (χ3n) is 5.94. The molecule has 0 atom stereocenters. The van der Waals surface area contributed by atoms with Gasteiger partial charge in [-0.3, -0.25) is 0 Å². The number of hydrogen-bond acceptors (Lipinski definition) is 5. The van der Waals surface area contributed by atoms with Crippen molar-refractivity contribution < 1.29 is 9.26 Å². The van der Waals surface area contributed by atoms with Crippen LogP contribution in [0.25, 0.3) is 0 Å². The summed E-state index contributed by atoms with van der Waals surface area (Å²) in [5.74, 6) is 2.30. The number of aryl methyl sites for hydroxylation is 1. The van der Waals surface area contributed by atoms with Crippen LogP contribution in [0.4, 0.5) is 0 Å². The van der Waals surface area contributed by atoms with Crippen LogP contribution in [-0.2, 0) is 11.0 Å². The molecule has 0 radical (unpaired) electrons. The molecular weight excluding hydrogens is 338 g/mol. The summed E-state index contributed by atoms with van der Waals surface area (Å²) in [4.78, 5) is 4.77. The Labute approximate surface area is 154 Å². The maximum Gasteiger partial charge on any atom is 0.237 e. The van der Waals surface area contributed by atoms with Gasteiger partial charge in [-0.05, 0) is 49.8 Å². The van der Waals surface area contributed by atoms with Gasteiger partial charge in [-0.25, -0.2) is 0 Å². The van der Waals surface area contributed by atoms with Crippen LogP contribution in [0.1, 0.15) is 67.8 Å². The van der Waals surface area contributed by atoms with E-state index in [2.05, 4.69) is 30.3 Å². The molecule has 0 unspecified atom stereocenters. The average molecular weight is 364 g/mol. The molecule has 1 aromatic heterocycles. The standard InChI is InChI=1S/C19H25N3O2.ClH/c1-13-6-7-14(12-15(13)23-2)18(8-5-9-18)17-21-16(22-24-17)19(20)10-3-4-11-19;/h6-7,12H,3-5,8-11,20H2,1-2H3;1H. The third-order valence-corrected chi connectivity index (χ3v) is 5.94. The van der Waals surface area contributed by atoms with E-state index >= 15 is 0 Å². The molecule has 0 aliphatic heterocycles. The van der Waals surface area contributed by atoms with E-state index in [-0.39, 0.29) is 17.8 Å². The molecule has 2 aliphatic carbocycles. The fourth-order valence-electron chi connectivity index (χ4n) is 4.12. The van der Waals surface area contributed by atoms with Gasteiger partial charge in [-0.15, -0.1) is 12.4 Å². The van der Waals surface area contributed by atoms with E-state index in [1.165, 1.54) is 12.0 Å². The van der Waals surface area contributed by atoms with Gasteiger partial charge in [-0.1, -0.05) is 36.6 Å². The van der Waals surface area contributed by atoms with Gasteiger partial charge in [0.1, 0.15) is 5.75 Å². The average Bonchev–Trinajstić information content (AvgIpc) is 3.18. The largest absolute Gasteiger partial charge is 0.496 e. The fraction of sp³-hybridized carbons (Fsp3) is 0.579. The number of halogens is 1. The van der Waals surface area contributed by atoms with Gasteiger partial charge in [0.25, 0.3) is 0 Å². The molecule has 6 heteroatoms. The highest BCUT2D eigenvalue weighted by Crippen LogP contribution is 2.49. The van der Waals surface area contributed by atoms with Crippen molar-refractivity contribution in [3.05, 3.63) is 41.0 Å². The van der Waals surface area contributed by atoms with Gasteiger partial charge in [0.15, 0.2) is 5.82 Å². The lowest BCUT2D eigenvalue weighted by Crippen LogP contribution is -2.37. The zero-order chi connectivity index (χ0) is 16.8. The number of benzene rings is 1. The number of aromatic nitrogens is 2. The van der Waals surface area contributed by atoms with Crippen LogP contribution >= 0.6 is 12.4 Å². The van der Waals surface area contributed by atoms with Crippen molar-refractivity contribution in [2.75, 3.05) is 7.11 Å². The van der Waals surface area contributed by atoms with Crippen molar-refractivity contribution in [2.24, 2.45) is 5.73 Å². The first kappa shape index (κ1) is 18.2. The number of nitrogens with two attached hydrogens (primary N) is 1. The van der Waals surface area contributed by atoms with Crippen LogP contribution in [0, 0.1) is 6.92 Å². The Balaban J connectivity index is 0.00000182. The van der Waals surface area contributed by atoms with Crippen molar-refractivity contribution in [3.63, 3.8) is 0 Å². The fourth-order valence-corrected chi connectivity index (χ4v) is 4.12. The van der Waals surface area contributed by atoms with Gasteiger partial charge < -0.3 is 15.0 Å². The molecule has 0 bridgehead atoms. The molecular formula is C19H26ClN3O2. The van der Waals surface area contributed by atoms with E-state index in [1.807, 2.05) is 0 Å². The van der Waals surface area contributed by atoms with Crippen LogP contribution in [0.15, 0.2) is 22.7 Å². The van der Waals surface area contributed by atoms with E-state index < -0.39 is 5.54 Å². The van der Waals surface area contributed by atoms with Crippen molar-refractivity contribution in [3.8, 4) is 5.75 Å². The molecule has 5 nitrogen and oxygen atoms in total. The maximum atomic E-state index is 6.50. The van der Waals surface area contributed by atoms with Gasteiger partial charge >= 0.3 is 0 Å². The number of hydrogen-bond donors (Lipinski definition) is 1. The monoisotopic (exact) mass is 363 g/mol. The van der Waals surface area contributed by atoms with Gasteiger partial charge in [0.2, 0.25) is 5.89 Å². The van der Waals surface area contributed by atoms with Gasteiger partial charge in [0, 0.05) is 0 Å². The highest BCUT2D eigenvalue weighted by Gasteiger charge is 2.47. The minimum absolute atomic E-state index is 0. The van der Waals surface area contributed by atoms with E-state index in [9.17, 15) is 0 Å². The maximum absolute atomic E-state index is 6.50. The quantitative estimate of drug-likeness (QED) is 0.888. The summed E-state index contributed by atoms with van der Waals surface area (Å²) >= 11 is 0. The lowest BCUT2D eigenvalue weighted by Gasteiger charge is -2.39. The summed E-state index contributed by atoms with van der Waals surface area (Å²) in [6.45, 7) is 2.05. The van der Waals surface area contributed by atoms with Crippen molar-refractivity contribution >= 4 is 12.4 Å². The van der Waals surface area contributed by atoms with Crippen LogP contribution < -0.4 is 10.5 Å². The molecule has 4 rings (SSSR count). The minimum Gasteiger partial charge on any atom is -0.496 e. The normalized spacial score (nSPS) is 20.6. The Kier molecular flexibility index (Phi) is 4.82. The smallest absolute Gasteiger partial charge is 0.237 e. The summed E-state index contributed by atoms with van der Waals surface area (Å²) < 4.78 is 11.2. The van der Waals surface area contributed by atoms with Gasteiger partial charge in [-0.2, -0.15) is 4.98 Å². The Morgan fingerprint density at radius 3 is 2.44 bits per heavy atom. The predicted octanol–water partition coefficient (Wildman–Crippen LogP) is 4.01. The van der Waals surface area contributed by atoms with E-state index in [0.717, 1.165) is 49.8 Å². The Morgan fingerprint density at radius 2 is 1.84 bits per heavy atom. The summed E-state index contributed by atoms with van der Waals surface area (Å²) in [5, 5.41) is 4.26. The zero-order valence-electron chi connectivity index (χ0n) is 14.9. The van der Waals surface area contributed by atoms with Crippen molar-refractivity contribution in [2.45, 2.75) is 62.8 Å². The first-order valence-corrected chi connectivity index (χ1v) is 8.86. The molecule has 2 N–H and O–H groups in total.